The van der Waals surface area contributed by atoms with Gasteiger partial charge in [-0.3, -0.25) is 5.10 Å². The molecule has 0 unspecified atom stereocenters. The second-order valence-corrected chi connectivity index (χ2v) is 4.15. The predicted molar refractivity (Wildman–Crippen MR) is 61.0 cm³/mol. The Morgan fingerprint density at radius 2 is 2.12 bits per heavy atom. The van der Waals surface area contributed by atoms with Crippen LogP contribution >= 0.6 is 0 Å². The lowest BCUT2D eigenvalue weighted by atomic mass is 9.98. The molecule has 0 amide bonds. The smallest absolute Gasteiger partial charge is 0.172 e. The third kappa shape index (κ3) is 1.74. The molecule has 0 saturated carbocycles. The van der Waals surface area contributed by atoms with Gasteiger partial charge in [0.1, 0.15) is 0 Å². The first-order chi connectivity index (χ1) is 7.93. The molecule has 2 aromatic heterocycles. The van der Waals surface area contributed by atoms with Crippen LogP contribution in [0.2, 0.25) is 0 Å². The number of hydrogen-bond donors (Lipinski definition) is 3. The fourth-order valence-electron chi connectivity index (χ4n) is 2.14. The quantitative estimate of drug-likeness (QED) is 0.709. The molecule has 0 bridgehead atoms. The van der Waals surface area contributed by atoms with Crippen LogP contribution in [0.5, 0.6) is 0 Å². The number of hydrogen-bond acceptors (Lipinski definition) is 3. The average molecular weight is 217 g/mol. The molecule has 2 aromatic rings. The maximum Gasteiger partial charge on any atom is 0.172 e. The molecular formula is C11H15N5. The Kier molecular flexibility index (Phi) is 2.46. The summed E-state index contributed by atoms with van der Waals surface area (Å²) in [5.74, 6) is 2.28. The van der Waals surface area contributed by atoms with Gasteiger partial charge in [0.05, 0.1) is 5.69 Å². The molecule has 0 radical (unpaired) electrons. The van der Waals surface area contributed by atoms with E-state index in [9.17, 15) is 0 Å². The Bertz CT molecular complexity index is 439. The molecule has 1 saturated heterocycles. The molecule has 0 atom stereocenters. The minimum atomic E-state index is 0.501. The van der Waals surface area contributed by atoms with Gasteiger partial charge in [-0.15, -0.1) is 0 Å². The summed E-state index contributed by atoms with van der Waals surface area (Å²) in [6.45, 7) is 2.13. The first-order valence-electron chi connectivity index (χ1n) is 5.70. The van der Waals surface area contributed by atoms with Crippen molar-refractivity contribution < 1.29 is 0 Å². The highest BCUT2D eigenvalue weighted by Crippen LogP contribution is 2.23. The van der Waals surface area contributed by atoms with Crippen molar-refractivity contribution >= 4 is 0 Å². The number of aromatic amines is 2. The summed E-state index contributed by atoms with van der Waals surface area (Å²) >= 11 is 0. The number of aromatic nitrogens is 4. The number of H-pyrrole nitrogens is 2. The van der Waals surface area contributed by atoms with Crippen molar-refractivity contribution in [3.05, 3.63) is 24.2 Å². The van der Waals surface area contributed by atoms with Crippen molar-refractivity contribution in [2.24, 2.45) is 0 Å². The van der Waals surface area contributed by atoms with Gasteiger partial charge in [0.15, 0.2) is 11.6 Å². The van der Waals surface area contributed by atoms with E-state index in [0.717, 1.165) is 43.3 Å². The van der Waals surface area contributed by atoms with Crippen LogP contribution in [0, 0.1) is 0 Å². The minimum absolute atomic E-state index is 0.501. The van der Waals surface area contributed by atoms with Crippen LogP contribution in [0.1, 0.15) is 24.6 Å². The summed E-state index contributed by atoms with van der Waals surface area (Å²) in [6, 6.07) is 3.95. The molecule has 3 rings (SSSR count). The van der Waals surface area contributed by atoms with Crippen LogP contribution in [-0.4, -0.2) is 33.3 Å². The van der Waals surface area contributed by atoms with Gasteiger partial charge in [-0.05, 0) is 38.1 Å². The summed E-state index contributed by atoms with van der Waals surface area (Å²) < 4.78 is 0. The zero-order valence-electron chi connectivity index (χ0n) is 9.03. The zero-order valence-corrected chi connectivity index (χ0v) is 9.03. The van der Waals surface area contributed by atoms with E-state index in [1.165, 1.54) is 0 Å². The highest BCUT2D eigenvalue weighted by molar-refractivity contribution is 5.48. The van der Waals surface area contributed by atoms with Crippen LogP contribution < -0.4 is 5.32 Å². The monoisotopic (exact) mass is 217 g/mol. The van der Waals surface area contributed by atoms with Gasteiger partial charge in [0.2, 0.25) is 0 Å². The number of rotatable bonds is 2. The van der Waals surface area contributed by atoms with Crippen molar-refractivity contribution in [2.45, 2.75) is 18.8 Å². The molecule has 5 heteroatoms. The van der Waals surface area contributed by atoms with E-state index < -0.39 is 0 Å². The number of nitrogens with zero attached hydrogens (tertiary/aromatic N) is 2. The molecule has 84 valence electrons. The van der Waals surface area contributed by atoms with Crippen LogP contribution in [0.3, 0.4) is 0 Å². The van der Waals surface area contributed by atoms with E-state index >= 15 is 0 Å². The summed E-state index contributed by atoms with van der Waals surface area (Å²) in [6.07, 6.45) is 4.14. The van der Waals surface area contributed by atoms with Gasteiger partial charge >= 0.3 is 0 Å². The molecule has 0 spiro atoms. The third-order valence-electron chi connectivity index (χ3n) is 3.06. The Morgan fingerprint density at radius 3 is 2.88 bits per heavy atom. The van der Waals surface area contributed by atoms with Crippen molar-refractivity contribution in [3.8, 4) is 11.5 Å². The first kappa shape index (κ1) is 9.59. The van der Waals surface area contributed by atoms with Crippen molar-refractivity contribution in [2.75, 3.05) is 13.1 Å². The summed E-state index contributed by atoms with van der Waals surface area (Å²) in [5, 5.41) is 10.7. The maximum atomic E-state index is 4.55. The minimum Gasteiger partial charge on any atom is -0.359 e. The first-order valence-corrected chi connectivity index (χ1v) is 5.70. The van der Waals surface area contributed by atoms with Crippen molar-refractivity contribution in [1.29, 1.82) is 0 Å². The third-order valence-corrected chi connectivity index (χ3v) is 3.06. The van der Waals surface area contributed by atoms with E-state index in [1.54, 1.807) is 0 Å². The highest BCUT2D eigenvalue weighted by atomic mass is 15.2. The average Bonchev–Trinajstić information content (AvgIpc) is 3.01. The Labute approximate surface area is 93.7 Å². The van der Waals surface area contributed by atoms with Gasteiger partial charge in [-0.1, -0.05) is 0 Å². The number of nitrogens with one attached hydrogen (secondary N) is 3. The largest absolute Gasteiger partial charge is 0.359 e. The second-order valence-electron chi connectivity index (χ2n) is 4.15. The molecule has 3 N–H and O–H groups in total. The van der Waals surface area contributed by atoms with Crippen LogP contribution in [0.15, 0.2) is 18.3 Å². The van der Waals surface area contributed by atoms with E-state index in [4.69, 9.17) is 0 Å². The fraction of sp³-hybridized carbons (Fsp3) is 0.455. The topological polar surface area (TPSA) is 69.4 Å². The standard InChI is InChI=1S/C11H15N5/c1-2-9(13-5-1)11-14-10(15-16-11)8-3-6-12-7-4-8/h1-2,5,8,12-13H,3-4,6-7H2,(H,14,15,16). The van der Waals surface area contributed by atoms with Crippen LogP contribution in [0.4, 0.5) is 0 Å². The SMILES string of the molecule is c1c[nH]c(-c2nc(C3CCNCC3)n[nH]2)c1. The second kappa shape index (κ2) is 4.09. The predicted octanol–water partition coefficient (Wildman–Crippen LogP) is 1.27. The normalized spacial score (nSPS) is 17.8. The lowest BCUT2D eigenvalue weighted by Crippen LogP contribution is -2.27. The van der Waals surface area contributed by atoms with Gasteiger partial charge in [-0.25, -0.2) is 4.98 Å². The summed E-state index contributed by atoms with van der Waals surface area (Å²) in [4.78, 5) is 7.67. The highest BCUT2D eigenvalue weighted by Gasteiger charge is 2.19. The van der Waals surface area contributed by atoms with Crippen LogP contribution in [-0.2, 0) is 0 Å². The Hall–Kier alpha value is -1.62. The lowest BCUT2D eigenvalue weighted by Gasteiger charge is -2.19. The summed E-state index contributed by atoms with van der Waals surface area (Å²) in [5.41, 5.74) is 0.993. The van der Waals surface area contributed by atoms with E-state index in [0.29, 0.717) is 5.92 Å². The lowest BCUT2D eigenvalue weighted by molar-refractivity contribution is 0.446. The molecule has 1 fully saturated rings. The van der Waals surface area contributed by atoms with Crippen molar-refractivity contribution in [3.63, 3.8) is 0 Å². The van der Waals surface area contributed by atoms with E-state index in [2.05, 4.69) is 25.5 Å². The molecule has 1 aliphatic heterocycles. The molecular weight excluding hydrogens is 202 g/mol. The zero-order chi connectivity index (χ0) is 10.8. The van der Waals surface area contributed by atoms with E-state index in [1.807, 2.05) is 18.3 Å². The van der Waals surface area contributed by atoms with Gasteiger partial charge in [-0.2, -0.15) is 5.10 Å². The Morgan fingerprint density at radius 1 is 1.25 bits per heavy atom. The molecule has 5 nitrogen and oxygen atoms in total. The maximum absolute atomic E-state index is 4.55. The van der Waals surface area contributed by atoms with E-state index in [-0.39, 0.29) is 0 Å². The molecule has 1 aliphatic rings. The number of piperidine rings is 1. The molecule has 0 aromatic carbocycles. The molecule has 16 heavy (non-hydrogen) atoms. The van der Waals surface area contributed by atoms with Gasteiger partial charge in [0.25, 0.3) is 0 Å². The van der Waals surface area contributed by atoms with Gasteiger partial charge in [0, 0.05) is 12.1 Å². The molecule has 3 heterocycles. The molecule has 0 aliphatic carbocycles. The summed E-state index contributed by atoms with van der Waals surface area (Å²) in [7, 11) is 0. The van der Waals surface area contributed by atoms with Crippen LogP contribution in [0.25, 0.3) is 11.5 Å². The fourth-order valence-corrected chi connectivity index (χ4v) is 2.14. The Balaban J connectivity index is 1.82. The van der Waals surface area contributed by atoms with Gasteiger partial charge < -0.3 is 10.3 Å². The van der Waals surface area contributed by atoms with Crippen molar-refractivity contribution in [1.82, 2.24) is 25.5 Å².